The fourth-order valence-corrected chi connectivity index (χ4v) is 2.40. The van der Waals surface area contributed by atoms with E-state index in [1.807, 2.05) is 6.07 Å². The molecule has 0 spiro atoms. The smallest absolute Gasteiger partial charge is 0.355 e. The first kappa shape index (κ1) is 14.7. The second kappa shape index (κ2) is 5.50. The van der Waals surface area contributed by atoms with Crippen molar-refractivity contribution in [3.63, 3.8) is 0 Å². The zero-order chi connectivity index (χ0) is 15.7. The minimum atomic E-state index is -4.37. The van der Waals surface area contributed by atoms with Crippen molar-refractivity contribution >= 4 is 33.9 Å². The topological polar surface area (TPSA) is 24.9 Å². The third-order valence-electron chi connectivity index (χ3n) is 3.19. The number of hydrogen-bond acceptors (Lipinski definition) is 2. The summed E-state index contributed by atoms with van der Waals surface area (Å²) in [5.74, 6) is 0. The number of hydrogen-bond donors (Lipinski definition) is 1. The van der Waals surface area contributed by atoms with Gasteiger partial charge < -0.3 is 5.32 Å². The number of nitrogens with one attached hydrogen (secondary N) is 1. The first-order valence-corrected chi connectivity index (χ1v) is 6.80. The van der Waals surface area contributed by atoms with E-state index in [1.165, 1.54) is 6.07 Å². The molecule has 1 N–H and O–H groups in total. The highest BCUT2D eigenvalue weighted by Gasteiger charge is 2.30. The first-order valence-electron chi connectivity index (χ1n) is 6.43. The molecule has 0 saturated heterocycles. The number of para-hydroxylation sites is 1. The molecule has 0 saturated carbocycles. The van der Waals surface area contributed by atoms with E-state index in [4.69, 9.17) is 11.6 Å². The molecule has 0 aliphatic heterocycles. The third-order valence-corrected chi connectivity index (χ3v) is 3.50. The maximum absolute atomic E-state index is 12.8. The van der Waals surface area contributed by atoms with Crippen LogP contribution in [0.25, 0.3) is 10.9 Å². The Balaban J connectivity index is 2.02. The number of aromatic nitrogens is 1. The molecule has 0 fully saturated rings. The normalized spacial score (nSPS) is 11.6. The molecule has 112 valence electrons. The number of rotatable bonds is 2. The SMILES string of the molecule is FC(F)(F)c1cccc(Nc2ccnc3c(Cl)cccc23)c1. The molecule has 0 amide bonds. The van der Waals surface area contributed by atoms with Gasteiger partial charge >= 0.3 is 6.18 Å². The molecule has 2 aromatic carbocycles. The maximum atomic E-state index is 12.8. The van der Waals surface area contributed by atoms with Crippen LogP contribution in [0.2, 0.25) is 5.02 Å². The van der Waals surface area contributed by atoms with Crippen molar-refractivity contribution in [2.75, 3.05) is 5.32 Å². The molecule has 22 heavy (non-hydrogen) atoms. The monoisotopic (exact) mass is 322 g/mol. The summed E-state index contributed by atoms with van der Waals surface area (Å²) in [6.07, 6.45) is -2.81. The molecule has 0 atom stereocenters. The van der Waals surface area contributed by atoms with Gasteiger partial charge in [0, 0.05) is 23.0 Å². The van der Waals surface area contributed by atoms with Gasteiger partial charge in [0.25, 0.3) is 0 Å². The predicted molar refractivity (Wildman–Crippen MR) is 81.5 cm³/mol. The van der Waals surface area contributed by atoms with E-state index in [1.54, 1.807) is 30.5 Å². The Bertz CT molecular complexity index is 831. The molecule has 0 radical (unpaired) electrons. The molecule has 3 aromatic rings. The van der Waals surface area contributed by atoms with Crippen LogP contribution < -0.4 is 5.32 Å². The lowest BCUT2D eigenvalue weighted by Gasteiger charge is -2.12. The van der Waals surface area contributed by atoms with Crippen LogP contribution in [0.5, 0.6) is 0 Å². The molecular formula is C16H10ClF3N2. The molecule has 1 aromatic heterocycles. The summed E-state index contributed by atoms with van der Waals surface area (Å²) in [4.78, 5) is 4.19. The second-order valence-corrected chi connectivity index (χ2v) is 5.11. The minimum Gasteiger partial charge on any atom is -0.355 e. The molecular weight excluding hydrogens is 313 g/mol. The van der Waals surface area contributed by atoms with Gasteiger partial charge in [0.15, 0.2) is 0 Å². The van der Waals surface area contributed by atoms with Crippen molar-refractivity contribution in [1.82, 2.24) is 4.98 Å². The average Bonchev–Trinajstić information content (AvgIpc) is 2.48. The quantitative estimate of drug-likeness (QED) is 0.659. The van der Waals surface area contributed by atoms with Gasteiger partial charge in [-0.1, -0.05) is 29.8 Å². The summed E-state index contributed by atoms with van der Waals surface area (Å²) in [6.45, 7) is 0. The highest BCUT2D eigenvalue weighted by molar-refractivity contribution is 6.35. The Morgan fingerprint density at radius 3 is 2.55 bits per heavy atom. The van der Waals surface area contributed by atoms with Crippen molar-refractivity contribution in [1.29, 1.82) is 0 Å². The van der Waals surface area contributed by atoms with E-state index in [2.05, 4.69) is 10.3 Å². The highest BCUT2D eigenvalue weighted by Crippen LogP contribution is 2.33. The number of benzene rings is 2. The Morgan fingerprint density at radius 1 is 1.00 bits per heavy atom. The van der Waals surface area contributed by atoms with Crippen LogP contribution in [0, 0.1) is 0 Å². The minimum absolute atomic E-state index is 0.349. The van der Waals surface area contributed by atoms with Crippen LogP contribution in [0.15, 0.2) is 54.7 Å². The average molecular weight is 323 g/mol. The summed E-state index contributed by atoms with van der Waals surface area (Å²) in [6, 6.07) is 12.0. The van der Waals surface area contributed by atoms with E-state index >= 15 is 0 Å². The van der Waals surface area contributed by atoms with Crippen molar-refractivity contribution in [2.24, 2.45) is 0 Å². The molecule has 3 rings (SSSR count). The second-order valence-electron chi connectivity index (χ2n) is 4.70. The van der Waals surface area contributed by atoms with Gasteiger partial charge in [-0.05, 0) is 30.3 Å². The molecule has 2 nitrogen and oxygen atoms in total. The van der Waals surface area contributed by atoms with Gasteiger partial charge in [0.05, 0.1) is 16.1 Å². The van der Waals surface area contributed by atoms with Crippen molar-refractivity contribution in [2.45, 2.75) is 6.18 Å². The molecule has 6 heteroatoms. The fourth-order valence-electron chi connectivity index (χ4n) is 2.18. The maximum Gasteiger partial charge on any atom is 0.416 e. The Morgan fingerprint density at radius 2 is 1.77 bits per heavy atom. The van der Waals surface area contributed by atoms with Crippen LogP contribution in [-0.2, 0) is 6.18 Å². The fraction of sp³-hybridized carbons (Fsp3) is 0.0625. The molecule has 0 aliphatic rings. The van der Waals surface area contributed by atoms with Gasteiger partial charge in [-0.15, -0.1) is 0 Å². The largest absolute Gasteiger partial charge is 0.416 e. The van der Waals surface area contributed by atoms with E-state index in [0.717, 1.165) is 17.5 Å². The van der Waals surface area contributed by atoms with Crippen LogP contribution >= 0.6 is 11.6 Å². The van der Waals surface area contributed by atoms with Crippen LogP contribution in [0.3, 0.4) is 0 Å². The number of alkyl halides is 3. The lowest BCUT2D eigenvalue weighted by molar-refractivity contribution is -0.137. The van der Waals surface area contributed by atoms with E-state index < -0.39 is 11.7 Å². The van der Waals surface area contributed by atoms with Crippen molar-refractivity contribution < 1.29 is 13.2 Å². The lowest BCUT2D eigenvalue weighted by Crippen LogP contribution is -2.05. The van der Waals surface area contributed by atoms with E-state index in [-0.39, 0.29) is 0 Å². The summed E-state index contributed by atoms with van der Waals surface area (Å²) in [5, 5.41) is 4.22. The Labute approximate surface area is 129 Å². The molecule has 0 bridgehead atoms. The molecule has 1 heterocycles. The zero-order valence-corrected chi connectivity index (χ0v) is 11.9. The van der Waals surface area contributed by atoms with Crippen LogP contribution in [0.1, 0.15) is 5.56 Å². The standard InChI is InChI=1S/C16H10ClF3N2/c17-13-6-2-5-12-14(7-8-21-15(12)13)22-11-4-1-3-10(9-11)16(18,19)20/h1-9H,(H,21,22). The summed E-state index contributed by atoms with van der Waals surface area (Å²) in [7, 11) is 0. The van der Waals surface area contributed by atoms with E-state index in [0.29, 0.717) is 21.9 Å². The summed E-state index contributed by atoms with van der Waals surface area (Å²) in [5.41, 5.74) is 0.893. The van der Waals surface area contributed by atoms with Crippen LogP contribution in [0.4, 0.5) is 24.5 Å². The number of nitrogens with zero attached hydrogens (tertiary/aromatic N) is 1. The summed E-state index contributed by atoms with van der Waals surface area (Å²) >= 11 is 6.08. The van der Waals surface area contributed by atoms with Gasteiger partial charge in [-0.3, -0.25) is 4.98 Å². The zero-order valence-electron chi connectivity index (χ0n) is 11.2. The first-order chi connectivity index (χ1) is 10.4. The molecule has 0 aliphatic carbocycles. The number of anilines is 2. The van der Waals surface area contributed by atoms with Crippen LogP contribution in [-0.4, -0.2) is 4.98 Å². The van der Waals surface area contributed by atoms with E-state index in [9.17, 15) is 13.2 Å². The van der Waals surface area contributed by atoms with Crippen molar-refractivity contribution in [3.8, 4) is 0 Å². The van der Waals surface area contributed by atoms with Gasteiger partial charge in [0.1, 0.15) is 0 Å². The lowest BCUT2D eigenvalue weighted by atomic mass is 10.1. The van der Waals surface area contributed by atoms with Gasteiger partial charge in [-0.25, -0.2) is 0 Å². The van der Waals surface area contributed by atoms with Crippen molar-refractivity contribution in [3.05, 3.63) is 65.3 Å². The Hall–Kier alpha value is -2.27. The highest BCUT2D eigenvalue weighted by atomic mass is 35.5. The summed E-state index contributed by atoms with van der Waals surface area (Å²) < 4.78 is 38.3. The molecule has 0 unspecified atom stereocenters. The number of fused-ring (bicyclic) bond motifs is 1. The van der Waals surface area contributed by atoms with Gasteiger partial charge in [0.2, 0.25) is 0 Å². The predicted octanol–water partition coefficient (Wildman–Crippen LogP) is 5.65. The van der Waals surface area contributed by atoms with Gasteiger partial charge in [-0.2, -0.15) is 13.2 Å². The third kappa shape index (κ3) is 2.85. The Kier molecular flexibility index (Phi) is 3.66. The number of halogens is 4. The number of pyridine rings is 1.